The maximum absolute atomic E-state index is 10.6. The van der Waals surface area contributed by atoms with Gasteiger partial charge in [-0.1, -0.05) is 6.07 Å². The zero-order valence-electron chi connectivity index (χ0n) is 7.11. The number of aryl methyl sites for hydroxylation is 1. The van der Waals surface area contributed by atoms with Gasteiger partial charge in [0.05, 0.1) is 11.6 Å². The van der Waals surface area contributed by atoms with Crippen molar-refractivity contribution in [1.82, 2.24) is 4.98 Å². The largest absolute Gasteiger partial charge is 0.481 e. The topological polar surface area (TPSA) is 50.2 Å². The Morgan fingerprint density at radius 3 is 2.83 bits per heavy atom. The fourth-order valence-corrected chi connectivity index (χ4v) is 1.07. The van der Waals surface area contributed by atoms with Gasteiger partial charge in [0, 0.05) is 6.20 Å². The van der Waals surface area contributed by atoms with Crippen LogP contribution in [0.15, 0.2) is 18.3 Å². The molecule has 0 bridgehead atoms. The molecule has 1 rings (SSSR count). The van der Waals surface area contributed by atoms with Crippen LogP contribution in [0.4, 0.5) is 0 Å². The van der Waals surface area contributed by atoms with Gasteiger partial charge in [0.1, 0.15) is 0 Å². The quantitative estimate of drug-likeness (QED) is 0.723. The van der Waals surface area contributed by atoms with Gasteiger partial charge in [-0.25, -0.2) is 0 Å². The van der Waals surface area contributed by atoms with Gasteiger partial charge in [-0.15, -0.1) is 0 Å². The van der Waals surface area contributed by atoms with Crippen molar-refractivity contribution in [2.75, 3.05) is 0 Å². The van der Waals surface area contributed by atoms with Gasteiger partial charge in [-0.05, 0) is 25.5 Å². The second-order valence-corrected chi connectivity index (χ2v) is 2.77. The van der Waals surface area contributed by atoms with Gasteiger partial charge in [0.2, 0.25) is 0 Å². The van der Waals surface area contributed by atoms with E-state index in [1.54, 1.807) is 19.2 Å². The smallest absolute Gasteiger partial charge is 0.312 e. The minimum absolute atomic E-state index is 0.522. The first kappa shape index (κ1) is 8.71. The summed E-state index contributed by atoms with van der Waals surface area (Å²) >= 11 is 0. The zero-order chi connectivity index (χ0) is 9.14. The van der Waals surface area contributed by atoms with Crippen molar-refractivity contribution in [3.63, 3.8) is 0 Å². The van der Waals surface area contributed by atoms with E-state index < -0.39 is 11.9 Å². The van der Waals surface area contributed by atoms with Crippen LogP contribution in [0.25, 0.3) is 0 Å². The maximum atomic E-state index is 10.6. The number of hydrogen-bond acceptors (Lipinski definition) is 2. The predicted molar refractivity (Wildman–Crippen MR) is 45.0 cm³/mol. The van der Waals surface area contributed by atoms with E-state index in [0.29, 0.717) is 5.69 Å². The van der Waals surface area contributed by atoms with Gasteiger partial charge >= 0.3 is 5.97 Å². The summed E-state index contributed by atoms with van der Waals surface area (Å²) in [5.41, 5.74) is 1.57. The molecule has 0 aliphatic rings. The average molecular weight is 165 g/mol. The van der Waals surface area contributed by atoms with Crippen LogP contribution in [0.2, 0.25) is 0 Å². The lowest BCUT2D eigenvalue weighted by Gasteiger charge is -2.07. The average Bonchev–Trinajstić information content (AvgIpc) is 2.04. The fraction of sp³-hybridized carbons (Fsp3) is 0.333. The van der Waals surface area contributed by atoms with E-state index >= 15 is 0 Å². The normalized spacial score (nSPS) is 12.5. The molecule has 1 heterocycles. The van der Waals surface area contributed by atoms with E-state index in [4.69, 9.17) is 5.11 Å². The van der Waals surface area contributed by atoms with Crippen molar-refractivity contribution >= 4 is 5.97 Å². The van der Waals surface area contributed by atoms with Crippen molar-refractivity contribution in [3.05, 3.63) is 29.6 Å². The molecular formula is C9H11NO2. The predicted octanol–water partition coefficient (Wildman–Crippen LogP) is 1.58. The van der Waals surface area contributed by atoms with E-state index in [-0.39, 0.29) is 0 Å². The van der Waals surface area contributed by atoms with Crippen molar-refractivity contribution in [2.24, 2.45) is 0 Å². The Hall–Kier alpha value is -1.38. The van der Waals surface area contributed by atoms with E-state index in [1.807, 2.05) is 13.0 Å². The molecule has 0 aliphatic heterocycles. The third-order valence-electron chi connectivity index (χ3n) is 1.83. The summed E-state index contributed by atoms with van der Waals surface area (Å²) in [6.45, 7) is 3.50. The number of pyridine rings is 1. The third-order valence-corrected chi connectivity index (χ3v) is 1.83. The summed E-state index contributed by atoms with van der Waals surface area (Å²) in [4.78, 5) is 14.6. The third kappa shape index (κ3) is 1.61. The monoisotopic (exact) mass is 165 g/mol. The molecule has 1 N–H and O–H groups in total. The lowest BCUT2D eigenvalue weighted by Crippen LogP contribution is -2.10. The molecule has 0 fully saturated rings. The van der Waals surface area contributed by atoms with Crippen molar-refractivity contribution in [2.45, 2.75) is 19.8 Å². The second-order valence-electron chi connectivity index (χ2n) is 2.77. The Morgan fingerprint density at radius 1 is 1.67 bits per heavy atom. The summed E-state index contributed by atoms with van der Waals surface area (Å²) in [6.07, 6.45) is 1.61. The summed E-state index contributed by atoms with van der Waals surface area (Å²) in [7, 11) is 0. The highest BCUT2D eigenvalue weighted by Crippen LogP contribution is 2.15. The molecule has 1 aromatic heterocycles. The molecule has 0 spiro atoms. The van der Waals surface area contributed by atoms with E-state index in [0.717, 1.165) is 5.56 Å². The Bertz CT molecular complexity index is 296. The Morgan fingerprint density at radius 2 is 2.33 bits per heavy atom. The highest BCUT2D eigenvalue weighted by molar-refractivity contribution is 5.75. The lowest BCUT2D eigenvalue weighted by atomic mass is 10.0. The number of carboxylic acids is 1. The van der Waals surface area contributed by atoms with Crippen molar-refractivity contribution < 1.29 is 9.90 Å². The highest BCUT2D eigenvalue weighted by atomic mass is 16.4. The van der Waals surface area contributed by atoms with Gasteiger partial charge in [-0.3, -0.25) is 9.78 Å². The number of carbonyl (C=O) groups is 1. The van der Waals surface area contributed by atoms with E-state index in [9.17, 15) is 4.79 Å². The molecule has 1 aromatic rings. The lowest BCUT2D eigenvalue weighted by molar-refractivity contribution is -0.138. The first-order chi connectivity index (χ1) is 5.63. The van der Waals surface area contributed by atoms with Crippen LogP contribution < -0.4 is 0 Å². The zero-order valence-corrected chi connectivity index (χ0v) is 7.11. The van der Waals surface area contributed by atoms with Crippen molar-refractivity contribution in [3.8, 4) is 0 Å². The first-order valence-electron chi connectivity index (χ1n) is 3.77. The molecule has 0 amide bonds. The number of rotatable bonds is 2. The number of aromatic nitrogens is 1. The molecule has 0 radical (unpaired) electrons. The fourth-order valence-electron chi connectivity index (χ4n) is 1.07. The second kappa shape index (κ2) is 3.34. The van der Waals surface area contributed by atoms with Crippen LogP contribution in [-0.4, -0.2) is 16.1 Å². The molecular weight excluding hydrogens is 154 g/mol. The van der Waals surface area contributed by atoms with Crippen LogP contribution >= 0.6 is 0 Å². The number of aliphatic carboxylic acids is 1. The molecule has 3 heteroatoms. The standard InChI is InChI=1S/C9H11NO2/c1-6-4-3-5-10-8(6)7(2)9(11)12/h3-5,7H,1-2H3,(H,11,12). The Kier molecular flexibility index (Phi) is 2.43. The summed E-state index contributed by atoms with van der Waals surface area (Å²) in [5.74, 6) is -1.36. The van der Waals surface area contributed by atoms with Crippen LogP contribution in [-0.2, 0) is 4.79 Å². The van der Waals surface area contributed by atoms with Gasteiger partial charge in [0.25, 0.3) is 0 Å². The Labute approximate surface area is 71.1 Å². The maximum Gasteiger partial charge on any atom is 0.312 e. The van der Waals surface area contributed by atoms with Gasteiger partial charge in [0.15, 0.2) is 0 Å². The number of hydrogen-bond donors (Lipinski definition) is 1. The van der Waals surface area contributed by atoms with E-state index in [2.05, 4.69) is 4.98 Å². The minimum Gasteiger partial charge on any atom is -0.481 e. The summed E-state index contributed by atoms with van der Waals surface area (Å²) < 4.78 is 0. The summed E-state index contributed by atoms with van der Waals surface area (Å²) in [5, 5.41) is 8.72. The van der Waals surface area contributed by atoms with Crippen molar-refractivity contribution in [1.29, 1.82) is 0 Å². The number of carboxylic acid groups (broad SMARTS) is 1. The molecule has 1 unspecified atom stereocenters. The van der Waals surface area contributed by atoms with Crippen LogP contribution in [0.1, 0.15) is 24.1 Å². The SMILES string of the molecule is Cc1cccnc1C(C)C(=O)O. The molecule has 1 atom stereocenters. The van der Waals surface area contributed by atoms with Crippen LogP contribution in [0, 0.1) is 6.92 Å². The highest BCUT2D eigenvalue weighted by Gasteiger charge is 2.16. The first-order valence-corrected chi connectivity index (χ1v) is 3.77. The minimum atomic E-state index is -0.836. The van der Waals surface area contributed by atoms with E-state index in [1.165, 1.54) is 0 Å². The van der Waals surface area contributed by atoms with Gasteiger partial charge in [-0.2, -0.15) is 0 Å². The molecule has 0 saturated carbocycles. The molecule has 0 aliphatic carbocycles. The van der Waals surface area contributed by atoms with Crippen LogP contribution in [0.3, 0.4) is 0 Å². The molecule has 12 heavy (non-hydrogen) atoms. The summed E-state index contributed by atoms with van der Waals surface area (Å²) in [6, 6.07) is 3.66. The molecule has 0 saturated heterocycles. The van der Waals surface area contributed by atoms with Gasteiger partial charge < -0.3 is 5.11 Å². The molecule has 3 nitrogen and oxygen atoms in total. The molecule has 64 valence electrons. The molecule has 0 aromatic carbocycles. The number of nitrogens with zero attached hydrogens (tertiary/aromatic N) is 1. The Balaban J connectivity index is 3.02. The van der Waals surface area contributed by atoms with Crippen LogP contribution in [0.5, 0.6) is 0 Å².